The second kappa shape index (κ2) is 5.25. The summed E-state index contributed by atoms with van der Waals surface area (Å²) >= 11 is 0. The Labute approximate surface area is 82.3 Å². The first-order valence-corrected chi connectivity index (χ1v) is 5.07. The van der Waals surface area contributed by atoms with E-state index in [1.807, 2.05) is 7.05 Å². The van der Waals surface area contributed by atoms with E-state index < -0.39 is 0 Å². The third kappa shape index (κ3) is 4.91. The molecule has 1 amide bonds. The monoisotopic (exact) mass is 185 g/mol. The molecule has 0 saturated carbocycles. The minimum atomic E-state index is 0.360. The van der Waals surface area contributed by atoms with Crippen LogP contribution in [-0.2, 0) is 4.79 Å². The van der Waals surface area contributed by atoms with Gasteiger partial charge in [0, 0.05) is 13.6 Å². The number of carbonyl (C=O) groups is 1. The molecule has 0 spiro atoms. The van der Waals surface area contributed by atoms with Gasteiger partial charge in [-0.25, -0.2) is 0 Å². The van der Waals surface area contributed by atoms with Crippen molar-refractivity contribution in [3.05, 3.63) is 0 Å². The van der Waals surface area contributed by atoms with Crippen molar-refractivity contribution in [1.82, 2.24) is 4.90 Å². The van der Waals surface area contributed by atoms with Crippen molar-refractivity contribution in [2.75, 3.05) is 13.6 Å². The van der Waals surface area contributed by atoms with E-state index in [1.54, 1.807) is 4.90 Å². The molecular formula is C11H23NO. The predicted octanol–water partition coefficient (Wildman–Crippen LogP) is 2.54. The normalized spacial score (nSPS) is 13.9. The van der Waals surface area contributed by atoms with Crippen molar-refractivity contribution >= 4 is 6.41 Å². The fourth-order valence-corrected chi connectivity index (χ4v) is 1.66. The van der Waals surface area contributed by atoms with Gasteiger partial charge in [0.2, 0.25) is 6.41 Å². The van der Waals surface area contributed by atoms with Crippen LogP contribution in [0.15, 0.2) is 0 Å². The molecule has 0 saturated heterocycles. The summed E-state index contributed by atoms with van der Waals surface area (Å²) in [6.07, 6.45) is 3.20. The molecule has 1 unspecified atom stereocenters. The van der Waals surface area contributed by atoms with Gasteiger partial charge in [-0.2, -0.15) is 0 Å². The molecule has 0 fully saturated rings. The fraction of sp³-hybridized carbons (Fsp3) is 0.909. The molecule has 2 nitrogen and oxygen atoms in total. The zero-order chi connectivity index (χ0) is 10.5. The molecule has 0 aliphatic rings. The van der Waals surface area contributed by atoms with Crippen LogP contribution < -0.4 is 0 Å². The van der Waals surface area contributed by atoms with Crippen molar-refractivity contribution in [1.29, 1.82) is 0 Å². The second-order valence-electron chi connectivity index (χ2n) is 4.85. The molecule has 0 radical (unpaired) electrons. The molecule has 2 heteroatoms. The molecule has 78 valence electrons. The SMILES string of the molecule is CCC(CCN(C)C=O)C(C)(C)C. The van der Waals surface area contributed by atoms with Gasteiger partial charge in [0.25, 0.3) is 0 Å². The number of hydrogen-bond donors (Lipinski definition) is 0. The number of carbonyl (C=O) groups excluding carboxylic acids is 1. The Morgan fingerprint density at radius 1 is 1.38 bits per heavy atom. The molecule has 0 aromatic heterocycles. The highest BCUT2D eigenvalue weighted by Gasteiger charge is 2.22. The topological polar surface area (TPSA) is 20.3 Å². The molecule has 0 bridgehead atoms. The van der Waals surface area contributed by atoms with Crippen LogP contribution in [0.1, 0.15) is 40.5 Å². The molecule has 0 N–H and O–H groups in total. The molecule has 13 heavy (non-hydrogen) atoms. The van der Waals surface area contributed by atoms with Crippen LogP contribution >= 0.6 is 0 Å². The van der Waals surface area contributed by atoms with Crippen molar-refractivity contribution in [3.63, 3.8) is 0 Å². The van der Waals surface area contributed by atoms with Crippen LogP contribution in [0.4, 0.5) is 0 Å². The lowest BCUT2D eigenvalue weighted by molar-refractivity contribution is -0.117. The van der Waals surface area contributed by atoms with Gasteiger partial charge in [0.05, 0.1) is 0 Å². The Bertz CT molecular complexity index is 149. The molecule has 0 heterocycles. The molecule has 0 aromatic rings. The van der Waals surface area contributed by atoms with Crippen molar-refractivity contribution in [2.45, 2.75) is 40.5 Å². The number of hydrogen-bond acceptors (Lipinski definition) is 1. The lowest BCUT2D eigenvalue weighted by Gasteiger charge is -2.30. The third-order valence-electron chi connectivity index (χ3n) is 2.73. The van der Waals surface area contributed by atoms with Gasteiger partial charge in [-0.05, 0) is 17.8 Å². The summed E-state index contributed by atoms with van der Waals surface area (Å²) in [7, 11) is 1.84. The fourth-order valence-electron chi connectivity index (χ4n) is 1.66. The average molecular weight is 185 g/mol. The Balaban J connectivity index is 3.93. The Morgan fingerprint density at radius 3 is 2.23 bits per heavy atom. The molecule has 1 atom stereocenters. The van der Waals surface area contributed by atoms with Crippen LogP contribution in [0.5, 0.6) is 0 Å². The van der Waals surface area contributed by atoms with Gasteiger partial charge in [0.15, 0.2) is 0 Å². The minimum absolute atomic E-state index is 0.360. The lowest BCUT2D eigenvalue weighted by atomic mass is 9.77. The van der Waals surface area contributed by atoms with E-state index in [0.717, 1.165) is 19.4 Å². The highest BCUT2D eigenvalue weighted by molar-refractivity contribution is 5.46. The zero-order valence-electron chi connectivity index (χ0n) is 9.63. The first kappa shape index (κ1) is 12.5. The van der Waals surface area contributed by atoms with E-state index in [9.17, 15) is 4.79 Å². The summed E-state index contributed by atoms with van der Waals surface area (Å²) in [6, 6.07) is 0. The third-order valence-corrected chi connectivity index (χ3v) is 2.73. The van der Waals surface area contributed by atoms with E-state index in [2.05, 4.69) is 27.7 Å². The standard InChI is InChI=1S/C11H23NO/c1-6-10(11(2,3)4)7-8-12(5)9-13/h9-10H,6-8H2,1-5H3. The first-order valence-electron chi connectivity index (χ1n) is 5.07. The van der Waals surface area contributed by atoms with Crippen LogP contribution in [0, 0.1) is 11.3 Å². The Kier molecular flexibility index (Phi) is 5.04. The summed E-state index contributed by atoms with van der Waals surface area (Å²) in [5.41, 5.74) is 0.360. The maximum atomic E-state index is 10.4. The summed E-state index contributed by atoms with van der Waals surface area (Å²) < 4.78 is 0. The van der Waals surface area contributed by atoms with E-state index >= 15 is 0 Å². The van der Waals surface area contributed by atoms with Crippen LogP contribution in [0.3, 0.4) is 0 Å². The number of rotatable bonds is 5. The number of nitrogens with zero attached hydrogens (tertiary/aromatic N) is 1. The molecule has 0 aromatic carbocycles. The van der Waals surface area contributed by atoms with E-state index in [4.69, 9.17) is 0 Å². The van der Waals surface area contributed by atoms with Crippen molar-refractivity contribution in [3.8, 4) is 0 Å². The average Bonchev–Trinajstić information content (AvgIpc) is 2.02. The second-order valence-corrected chi connectivity index (χ2v) is 4.85. The smallest absolute Gasteiger partial charge is 0.209 e. The van der Waals surface area contributed by atoms with Gasteiger partial charge in [-0.1, -0.05) is 34.1 Å². The highest BCUT2D eigenvalue weighted by Crippen LogP contribution is 2.31. The van der Waals surface area contributed by atoms with Crippen LogP contribution in [0.25, 0.3) is 0 Å². The summed E-state index contributed by atoms with van der Waals surface area (Å²) in [5.74, 6) is 0.704. The largest absolute Gasteiger partial charge is 0.348 e. The van der Waals surface area contributed by atoms with Crippen LogP contribution in [-0.4, -0.2) is 24.9 Å². The van der Waals surface area contributed by atoms with Gasteiger partial charge >= 0.3 is 0 Å². The van der Waals surface area contributed by atoms with Crippen molar-refractivity contribution < 1.29 is 4.79 Å². The van der Waals surface area contributed by atoms with Crippen LogP contribution in [0.2, 0.25) is 0 Å². The molecule has 0 aliphatic heterocycles. The first-order chi connectivity index (χ1) is 5.91. The summed E-state index contributed by atoms with van der Waals surface area (Å²) in [6.45, 7) is 9.89. The van der Waals surface area contributed by atoms with Gasteiger partial charge in [-0.3, -0.25) is 4.79 Å². The van der Waals surface area contributed by atoms with E-state index in [0.29, 0.717) is 11.3 Å². The Morgan fingerprint density at radius 2 is 1.92 bits per heavy atom. The van der Waals surface area contributed by atoms with E-state index in [1.165, 1.54) is 6.42 Å². The lowest BCUT2D eigenvalue weighted by Crippen LogP contribution is -2.26. The van der Waals surface area contributed by atoms with Gasteiger partial charge in [-0.15, -0.1) is 0 Å². The summed E-state index contributed by atoms with van der Waals surface area (Å²) in [5, 5.41) is 0. The van der Waals surface area contributed by atoms with Crippen molar-refractivity contribution in [2.24, 2.45) is 11.3 Å². The molecule has 0 aliphatic carbocycles. The quantitative estimate of drug-likeness (QED) is 0.603. The molecule has 0 rings (SSSR count). The maximum Gasteiger partial charge on any atom is 0.209 e. The zero-order valence-corrected chi connectivity index (χ0v) is 9.63. The maximum absolute atomic E-state index is 10.4. The number of amides is 1. The minimum Gasteiger partial charge on any atom is -0.348 e. The highest BCUT2D eigenvalue weighted by atomic mass is 16.1. The van der Waals surface area contributed by atoms with E-state index in [-0.39, 0.29) is 0 Å². The summed E-state index contributed by atoms with van der Waals surface area (Å²) in [4.78, 5) is 12.1. The Hall–Kier alpha value is -0.530. The van der Waals surface area contributed by atoms with Gasteiger partial charge in [0.1, 0.15) is 0 Å². The molecular weight excluding hydrogens is 162 g/mol. The van der Waals surface area contributed by atoms with Gasteiger partial charge < -0.3 is 4.90 Å². The predicted molar refractivity (Wildman–Crippen MR) is 56.5 cm³/mol.